The molecule has 2 rings (SSSR count). The number of nitro benzene ring substituents is 1. The third-order valence-corrected chi connectivity index (χ3v) is 2.88. The standard InChI is InChI=1S/C12H14FN3O4/c1-15-5-8(14-12(17)6-15)7-20-11-4-9(16(18)19)2-3-10(11)13/h2-4,8H,5-7H2,1H3,(H,14,17). The molecule has 1 fully saturated rings. The van der Waals surface area contributed by atoms with Gasteiger partial charge in [0.25, 0.3) is 5.69 Å². The number of carbonyl (C=O) groups is 1. The van der Waals surface area contributed by atoms with Crippen LogP contribution in [0.4, 0.5) is 10.1 Å². The Hall–Kier alpha value is -2.22. The van der Waals surface area contributed by atoms with Crippen LogP contribution in [0.15, 0.2) is 18.2 Å². The second-order valence-electron chi connectivity index (χ2n) is 4.64. The molecule has 20 heavy (non-hydrogen) atoms. The van der Waals surface area contributed by atoms with Crippen molar-refractivity contribution < 1.29 is 18.8 Å². The molecule has 0 spiro atoms. The van der Waals surface area contributed by atoms with Crippen molar-refractivity contribution in [3.63, 3.8) is 0 Å². The average molecular weight is 283 g/mol. The summed E-state index contributed by atoms with van der Waals surface area (Å²) in [4.78, 5) is 23.1. The number of hydrogen-bond acceptors (Lipinski definition) is 5. The number of amides is 1. The maximum Gasteiger partial charge on any atom is 0.273 e. The van der Waals surface area contributed by atoms with Crippen LogP contribution in [-0.2, 0) is 4.79 Å². The highest BCUT2D eigenvalue weighted by atomic mass is 19.1. The lowest BCUT2D eigenvalue weighted by molar-refractivity contribution is -0.385. The number of carbonyl (C=O) groups excluding carboxylic acids is 1. The molecule has 1 heterocycles. The monoisotopic (exact) mass is 283 g/mol. The molecule has 0 aliphatic carbocycles. The Bertz CT molecular complexity index is 537. The van der Waals surface area contributed by atoms with E-state index in [2.05, 4.69) is 5.32 Å². The maximum atomic E-state index is 13.5. The fraction of sp³-hybridized carbons (Fsp3) is 0.417. The number of nitro groups is 1. The van der Waals surface area contributed by atoms with E-state index in [0.29, 0.717) is 13.1 Å². The predicted octanol–water partition coefficient (Wildman–Crippen LogP) is 0.543. The number of likely N-dealkylation sites (N-methyl/N-ethyl adjacent to an activating group) is 1. The van der Waals surface area contributed by atoms with Gasteiger partial charge in [0.1, 0.15) is 6.61 Å². The highest BCUT2D eigenvalue weighted by Gasteiger charge is 2.23. The topological polar surface area (TPSA) is 84.7 Å². The summed E-state index contributed by atoms with van der Waals surface area (Å²) in [6, 6.07) is 2.81. The Morgan fingerprint density at radius 1 is 1.60 bits per heavy atom. The van der Waals surface area contributed by atoms with Crippen molar-refractivity contribution in [3.8, 4) is 5.75 Å². The molecule has 1 aliphatic rings. The normalized spacial score (nSPS) is 19.5. The van der Waals surface area contributed by atoms with Crippen LogP contribution in [0, 0.1) is 15.9 Å². The Morgan fingerprint density at radius 2 is 2.35 bits per heavy atom. The molecule has 108 valence electrons. The minimum absolute atomic E-state index is 0.0498. The lowest BCUT2D eigenvalue weighted by Gasteiger charge is -2.30. The molecule has 1 aliphatic heterocycles. The molecule has 0 aromatic heterocycles. The summed E-state index contributed by atoms with van der Waals surface area (Å²) >= 11 is 0. The molecule has 1 unspecified atom stereocenters. The molecule has 0 bridgehead atoms. The molecule has 0 saturated carbocycles. The fourth-order valence-corrected chi connectivity index (χ4v) is 2.01. The number of ether oxygens (including phenoxy) is 1. The van der Waals surface area contributed by atoms with Gasteiger partial charge in [-0.15, -0.1) is 0 Å². The lowest BCUT2D eigenvalue weighted by atomic mass is 10.2. The minimum atomic E-state index is -0.675. The van der Waals surface area contributed by atoms with Crippen LogP contribution in [0.3, 0.4) is 0 Å². The highest BCUT2D eigenvalue weighted by Crippen LogP contribution is 2.23. The van der Waals surface area contributed by atoms with Gasteiger partial charge in [-0.05, 0) is 13.1 Å². The number of non-ortho nitro benzene ring substituents is 1. The Morgan fingerprint density at radius 3 is 3.00 bits per heavy atom. The van der Waals surface area contributed by atoms with E-state index in [0.717, 1.165) is 18.2 Å². The van der Waals surface area contributed by atoms with Gasteiger partial charge in [0, 0.05) is 12.6 Å². The van der Waals surface area contributed by atoms with E-state index < -0.39 is 10.7 Å². The first-order valence-corrected chi connectivity index (χ1v) is 6.00. The number of hydrogen-bond donors (Lipinski definition) is 1. The zero-order chi connectivity index (χ0) is 14.7. The molecule has 7 nitrogen and oxygen atoms in total. The Balaban J connectivity index is 2.01. The number of rotatable bonds is 4. The third kappa shape index (κ3) is 3.41. The summed E-state index contributed by atoms with van der Waals surface area (Å²) in [6.45, 7) is 0.929. The van der Waals surface area contributed by atoms with E-state index in [1.165, 1.54) is 0 Å². The van der Waals surface area contributed by atoms with Gasteiger partial charge in [0.2, 0.25) is 5.91 Å². The molecule has 1 amide bonds. The molecular formula is C12H14FN3O4. The predicted molar refractivity (Wildman–Crippen MR) is 68.0 cm³/mol. The summed E-state index contributed by atoms with van der Waals surface area (Å²) in [5.41, 5.74) is -0.244. The van der Waals surface area contributed by atoms with E-state index in [4.69, 9.17) is 4.74 Å². The van der Waals surface area contributed by atoms with Gasteiger partial charge >= 0.3 is 0 Å². The van der Waals surface area contributed by atoms with Crippen LogP contribution >= 0.6 is 0 Å². The first kappa shape index (κ1) is 14.2. The van der Waals surface area contributed by atoms with Crippen molar-refractivity contribution in [2.24, 2.45) is 0 Å². The lowest BCUT2D eigenvalue weighted by Crippen LogP contribution is -2.54. The number of benzene rings is 1. The van der Waals surface area contributed by atoms with Crippen molar-refractivity contribution >= 4 is 11.6 Å². The van der Waals surface area contributed by atoms with Gasteiger partial charge in [0.05, 0.1) is 23.6 Å². The van der Waals surface area contributed by atoms with Crippen molar-refractivity contribution in [2.45, 2.75) is 6.04 Å². The van der Waals surface area contributed by atoms with Crippen LogP contribution in [-0.4, -0.2) is 48.5 Å². The number of nitrogens with zero attached hydrogens (tertiary/aromatic N) is 2. The average Bonchev–Trinajstić information content (AvgIpc) is 2.36. The van der Waals surface area contributed by atoms with Crippen molar-refractivity contribution in [1.29, 1.82) is 0 Å². The summed E-state index contributed by atoms with van der Waals surface area (Å²) in [6.07, 6.45) is 0. The molecule has 1 aromatic rings. The van der Waals surface area contributed by atoms with Gasteiger partial charge in [0.15, 0.2) is 11.6 Å². The summed E-state index contributed by atoms with van der Waals surface area (Å²) in [7, 11) is 1.79. The van der Waals surface area contributed by atoms with Gasteiger partial charge in [-0.25, -0.2) is 4.39 Å². The quantitative estimate of drug-likeness (QED) is 0.644. The van der Waals surface area contributed by atoms with E-state index >= 15 is 0 Å². The second kappa shape index (κ2) is 5.83. The van der Waals surface area contributed by atoms with E-state index in [1.807, 2.05) is 4.90 Å². The second-order valence-corrected chi connectivity index (χ2v) is 4.64. The minimum Gasteiger partial charge on any atom is -0.488 e. The van der Waals surface area contributed by atoms with Crippen molar-refractivity contribution in [2.75, 3.05) is 26.7 Å². The number of halogens is 1. The van der Waals surface area contributed by atoms with Crippen LogP contribution in [0.2, 0.25) is 0 Å². The molecule has 1 saturated heterocycles. The van der Waals surface area contributed by atoms with E-state index in [-0.39, 0.29) is 30.0 Å². The fourth-order valence-electron chi connectivity index (χ4n) is 2.01. The molecular weight excluding hydrogens is 269 g/mol. The highest BCUT2D eigenvalue weighted by molar-refractivity contribution is 5.79. The summed E-state index contributed by atoms with van der Waals surface area (Å²) < 4.78 is 18.7. The largest absolute Gasteiger partial charge is 0.488 e. The van der Waals surface area contributed by atoms with Crippen LogP contribution in [0.25, 0.3) is 0 Å². The van der Waals surface area contributed by atoms with Crippen molar-refractivity contribution in [3.05, 3.63) is 34.1 Å². The Kier molecular flexibility index (Phi) is 4.14. The zero-order valence-corrected chi connectivity index (χ0v) is 10.8. The van der Waals surface area contributed by atoms with E-state index in [1.54, 1.807) is 7.05 Å². The SMILES string of the molecule is CN1CC(=O)NC(COc2cc([N+](=O)[O-])ccc2F)C1. The summed E-state index contributed by atoms with van der Waals surface area (Å²) in [5, 5.41) is 13.3. The maximum absolute atomic E-state index is 13.5. The number of piperazine rings is 1. The first-order chi connectivity index (χ1) is 9.45. The van der Waals surface area contributed by atoms with Gasteiger partial charge in [-0.2, -0.15) is 0 Å². The van der Waals surface area contributed by atoms with Crippen LogP contribution < -0.4 is 10.1 Å². The summed E-state index contributed by atoms with van der Waals surface area (Å²) in [5.74, 6) is -1.00. The van der Waals surface area contributed by atoms with Gasteiger partial charge in [-0.1, -0.05) is 0 Å². The van der Waals surface area contributed by atoms with Gasteiger partial charge in [-0.3, -0.25) is 19.8 Å². The molecule has 1 N–H and O–H groups in total. The third-order valence-electron chi connectivity index (χ3n) is 2.88. The van der Waals surface area contributed by atoms with Crippen LogP contribution in [0.5, 0.6) is 5.75 Å². The molecule has 8 heteroatoms. The van der Waals surface area contributed by atoms with E-state index in [9.17, 15) is 19.3 Å². The zero-order valence-electron chi connectivity index (χ0n) is 10.8. The molecule has 1 aromatic carbocycles. The molecule has 1 atom stereocenters. The van der Waals surface area contributed by atoms with Gasteiger partial charge < -0.3 is 10.1 Å². The number of nitrogens with one attached hydrogen (secondary N) is 1. The molecule has 0 radical (unpaired) electrons. The smallest absolute Gasteiger partial charge is 0.273 e. The Labute approximate surface area is 114 Å². The van der Waals surface area contributed by atoms with Crippen molar-refractivity contribution in [1.82, 2.24) is 10.2 Å². The first-order valence-electron chi connectivity index (χ1n) is 6.00. The van der Waals surface area contributed by atoms with Crippen LogP contribution in [0.1, 0.15) is 0 Å².